The van der Waals surface area contributed by atoms with E-state index >= 15 is 0 Å². The number of hydrogen-bond donors (Lipinski definition) is 1. The van der Waals surface area contributed by atoms with Crippen molar-refractivity contribution in [3.8, 4) is 11.5 Å². The fourth-order valence-electron chi connectivity index (χ4n) is 5.25. The molecule has 1 aromatic heterocycles. The van der Waals surface area contributed by atoms with Gasteiger partial charge in [-0.25, -0.2) is 4.39 Å². The van der Waals surface area contributed by atoms with Crippen molar-refractivity contribution >= 4 is 17.3 Å². The van der Waals surface area contributed by atoms with Crippen LogP contribution in [0, 0.1) is 19.7 Å². The fourth-order valence-corrected chi connectivity index (χ4v) is 5.25. The molecule has 0 fully saturated rings. The monoisotopic (exact) mass is 592 g/mol. The number of pyridine rings is 1. The summed E-state index contributed by atoms with van der Waals surface area (Å²) in [6, 6.07) is 28.6. The Morgan fingerprint density at radius 3 is 2.16 bits per heavy atom. The molecule has 5 aromatic rings. The molecule has 0 saturated heterocycles. The summed E-state index contributed by atoms with van der Waals surface area (Å²) in [4.78, 5) is 18.1. The van der Waals surface area contributed by atoms with Gasteiger partial charge in [0.2, 0.25) is 6.41 Å². The number of phenols is 1. The maximum Gasteiger partial charge on any atom is 0.210 e. The number of aryl methyl sites for hydroxylation is 1. The molecule has 1 heterocycles. The number of carbonyl (C=O) groups is 1. The molecule has 4 aromatic carbocycles. The first-order valence-corrected chi connectivity index (χ1v) is 15.2. The highest BCUT2D eigenvalue weighted by molar-refractivity contribution is 5.92. The van der Waals surface area contributed by atoms with Gasteiger partial charge < -0.3 is 14.7 Å². The first kappa shape index (κ1) is 32.2. The lowest BCUT2D eigenvalue weighted by Crippen LogP contribution is -2.23. The third kappa shape index (κ3) is 7.81. The van der Waals surface area contributed by atoms with Gasteiger partial charge in [0.05, 0.1) is 0 Å². The maximum atomic E-state index is 13.7. The van der Waals surface area contributed by atoms with Crippen molar-refractivity contribution in [3.63, 3.8) is 0 Å². The van der Waals surface area contributed by atoms with Gasteiger partial charge >= 0.3 is 0 Å². The normalized spacial score (nSPS) is 10.8. The summed E-state index contributed by atoms with van der Waals surface area (Å²) in [5.74, 6) is 0.545. The molecular weight excluding hydrogens is 551 g/mol. The average molecular weight is 593 g/mol. The number of halogens is 1. The Labute approximate surface area is 260 Å². The van der Waals surface area contributed by atoms with Gasteiger partial charge in [-0.2, -0.15) is 0 Å². The van der Waals surface area contributed by atoms with Crippen LogP contribution in [0.2, 0.25) is 0 Å². The Balaban J connectivity index is 0.00000141. The van der Waals surface area contributed by atoms with Crippen molar-refractivity contribution in [2.24, 2.45) is 0 Å². The molecule has 228 valence electrons. The minimum atomic E-state index is -0.372. The van der Waals surface area contributed by atoms with Crippen LogP contribution in [0.3, 0.4) is 0 Å². The van der Waals surface area contributed by atoms with E-state index in [0.717, 1.165) is 34.2 Å². The minimum absolute atomic E-state index is 0.181. The Morgan fingerprint density at radius 2 is 1.57 bits per heavy atom. The van der Waals surface area contributed by atoms with Crippen LogP contribution in [0.25, 0.3) is 10.9 Å². The van der Waals surface area contributed by atoms with E-state index in [4.69, 9.17) is 4.74 Å². The van der Waals surface area contributed by atoms with Crippen molar-refractivity contribution in [2.75, 3.05) is 6.54 Å². The van der Waals surface area contributed by atoms with Crippen LogP contribution in [0.1, 0.15) is 66.2 Å². The summed E-state index contributed by atoms with van der Waals surface area (Å²) in [6.07, 6.45) is 4.55. The minimum Gasteiger partial charge on any atom is -0.507 e. The van der Waals surface area contributed by atoms with Crippen LogP contribution in [-0.4, -0.2) is 27.9 Å². The first-order chi connectivity index (χ1) is 21.4. The summed E-state index contributed by atoms with van der Waals surface area (Å²) >= 11 is 0. The van der Waals surface area contributed by atoms with E-state index < -0.39 is 0 Å². The molecule has 44 heavy (non-hydrogen) atoms. The van der Waals surface area contributed by atoms with Gasteiger partial charge in [0, 0.05) is 35.8 Å². The highest BCUT2D eigenvalue weighted by Gasteiger charge is 2.23. The number of ether oxygens (including phenoxy) is 1. The molecule has 0 saturated carbocycles. The Hall–Kier alpha value is -4.71. The lowest BCUT2D eigenvalue weighted by molar-refractivity contribution is -0.118. The highest BCUT2D eigenvalue weighted by atomic mass is 19.1. The van der Waals surface area contributed by atoms with Gasteiger partial charge in [-0.1, -0.05) is 93.1 Å². The summed E-state index contributed by atoms with van der Waals surface area (Å²) in [5.41, 5.74) is 5.63. The van der Waals surface area contributed by atoms with Gasteiger partial charge in [-0.3, -0.25) is 9.78 Å². The average Bonchev–Trinajstić information content (AvgIpc) is 3.05. The van der Waals surface area contributed by atoms with Crippen LogP contribution < -0.4 is 4.74 Å². The van der Waals surface area contributed by atoms with E-state index in [2.05, 4.69) is 18.8 Å². The molecule has 0 bridgehead atoms. The molecule has 0 spiro atoms. The zero-order chi connectivity index (χ0) is 31.5. The number of nitrogens with zero attached hydrogens (tertiary/aromatic N) is 2. The number of amides is 1. The van der Waals surface area contributed by atoms with E-state index in [9.17, 15) is 14.3 Å². The second-order valence-electron chi connectivity index (χ2n) is 11.0. The molecule has 0 aliphatic heterocycles. The number of aromatic hydroxyl groups is 1. The largest absolute Gasteiger partial charge is 0.507 e. The third-order valence-corrected chi connectivity index (χ3v) is 7.43. The van der Waals surface area contributed by atoms with E-state index in [-0.39, 0.29) is 17.7 Å². The molecule has 1 N–H and O–H groups in total. The molecular formula is C38H41FN2O3. The van der Waals surface area contributed by atoms with Crippen LogP contribution in [-0.2, 0) is 17.8 Å². The van der Waals surface area contributed by atoms with E-state index in [0.29, 0.717) is 48.1 Å². The highest BCUT2D eigenvalue weighted by Crippen LogP contribution is 2.42. The van der Waals surface area contributed by atoms with Crippen LogP contribution >= 0.6 is 0 Å². The molecule has 0 unspecified atom stereocenters. The van der Waals surface area contributed by atoms with Gasteiger partial charge in [0.15, 0.2) is 0 Å². The standard InChI is InChI=1S/C35H33FN2O3.C3H8/c1-24-21-26(17-18-31(24)36)22-38(23-39)20-10-16-29-25(2)34(32-30(33(29)40)15-9-19-37-32)41-35(27-11-5-3-6-12-27)28-13-7-4-8-14-28;1-3-2/h3-9,11-15,17-19,21,23,35,40H,10,16,20,22H2,1-2H3;3H2,1-2H3. The predicted octanol–water partition coefficient (Wildman–Crippen LogP) is 8.87. The topological polar surface area (TPSA) is 62.7 Å². The van der Waals surface area contributed by atoms with Crippen molar-refractivity contribution in [3.05, 3.63) is 136 Å². The number of benzene rings is 4. The molecule has 0 aliphatic carbocycles. The van der Waals surface area contributed by atoms with Crippen LogP contribution in [0.4, 0.5) is 4.39 Å². The van der Waals surface area contributed by atoms with Gasteiger partial charge in [0.1, 0.15) is 28.9 Å². The first-order valence-electron chi connectivity index (χ1n) is 15.2. The second-order valence-corrected chi connectivity index (χ2v) is 11.0. The number of rotatable bonds is 11. The van der Waals surface area contributed by atoms with E-state index in [1.807, 2.05) is 73.7 Å². The molecule has 5 nitrogen and oxygen atoms in total. The SMILES string of the molecule is CCC.Cc1cc(CN(C=O)CCCc2c(C)c(OC(c3ccccc3)c3ccccc3)c3ncccc3c2O)ccc1F. The smallest absolute Gasteiger partial charge is 0.210 e. The molecule has 0 atom stereocenters. The number of aromatic nitrogens is 1. The van der Waals surface area contributed by atoms with Gasteiger partial charge in [-0.15, -0.1) is 0 Å². The maximum absolute atomic E-state index is 13.7. The van der Waals surface area contributed by atoms with Crippen LogP contribution in [0.5, 0.6) is 11.5 Å². The zero-order valence-corrected chi connectivity index (χ0v) is 26.0. The Bertz CT molecular complexity index is 1620. The quantitative estimate of drug-likeness (QED) is 0.156. The Morgan fingerprint density at radius 1 is 0.932 bits per heavy atom. The number of hydrogen-bond acceptors (Lipinski definition) is 4. The van der Waals surface area contributed by atoms with Crippen molar-refractivity contribution in [1.82, 2.24) is 9.88 Å². The molecule has 0 aliphatic rings. The van der Waals surface area contributed by atoms with Gasteiger partial charge in [-0.05, 0) is 67.1 Å². The van der Waals surface area contributed by atoms with Gasteiger partial charge in [0.25, 0.3) is 0 Å². The van der Waals surface area contributed by atoms with Crippen molar-refractivity contribution in [2.45, 2.75) is 59.6 Å². The summed E-state index contributed by atoms with van der Waals surface area (Å²) in [5, 5.41) is 11.9. The van der Waals surface area contributed by atoms with Crippen molar-refractivity contribution in [1.29, 1.82) is 0 Å². The van der Waals surface area contributed by atoms with E-state index in [1.54, 1.807) is 36.2 Å². The predicted molar refractivity (Wildman–Crippen MR) is 175 cm³/mol. The number of carbonyl (C=O) groups excluding carboxylic acids is 1. The van der Waals surface area contributed by atoms with E-state index in [1.165, 1.54) is 12.5 Å². The number of phenolic OH excluding ortho intramolecular Hbond substituents is 1. The molecule has 6 heteroatoms. The second kappa shape index (κ2) is 15.7. The zero-order valence-electron chi connectivity index (χ0n) is 26.0. The van der Waals surface area contributed by atoms with Crippen LogP contribution in [0.15, 0.2) is 97.2 Å². The fraction of sp³-hybridized carbons (Fsp3) is 0.263. The molecule has 5 rings (SSSR count). The summed E-state index contributed by atoms with van der Waals surface area (Å²) in [7, 11) is 0. The molecule has 1 amide bonds. The van der Waals surface area contributed by atoms with Crippen molar-refractivity contribution < 1.29 is 19.0 Å². The summed E-state index contributed by atoms with van der Waals surface area (Å²) < 4.78 is 20.5. The number of fused-ring (bicyclic) bond motifs is 1. The molecule has 0 radical (unpaired) electrons. The Kier molecular flexibility index (Phi) is 11.5. The lowest BCUT2D eigenvalue weighted by atomic mass is 9.96. The lowest BCUT2D eigenvalue weighted by Gasteiger charge is -2.24. The third-order valence-electron chi connectivity index (χ3n) is 7.43. The summed E-state index contributed by atoms with van der Waals surface area (Å²) in [6.45, 7) is 8.78.